The Labute approximate surface area is 173 Å². The number of anilines is 1. The van der Waals surface area contributed by atoms with Crippen molar-refractivity contribution >= 4 is 16.9 Å². The lowest BCUT2D eigenvalue weighted by molar-refractivity contribution is 0.363. The van der Waals surface area contributed by atoms with Crippen molar-refractivity contribution in [3.05, 3.63) is 64.6 Å². The normalized spacial score (nSPS) is 22.3. The molecule has 1 saturated heterocycles. The number of halogens is 2. The number of piperidine rings is 1. The van der Waals surface area contributed by atoms with E-state index in [4.69, 9.17) is 4.52 Å². The fourth-order valence-electron chi connectivity index (χ4n) is 4.63. The van der Waals surface area contributed by atoms with Crippen molar-refractivity contribution in [2.75, 3.05) is 18.0 Å². The molecule has 0 bridgehead atoms. The highest BCUT2D eigenvalue weighted by Gasteiger charge is 2.58. The Morgan fingerprint density at radius 1 is 1.16 bits per heavy atom. The first-order valence-corrected chi connectivity index (χ1v) is 9.88. The van der Waals surface area contributed by atoms with E-state index in [1.165, 1.54) is 17.0 Å². The van der Waals surface area contributed by atoms with Crippen molar-refractivity contribution < 1.29 is 13.3 Å². The van der Waals surface area contributed by atoms with Gasteiger partial charge in [-0.2, -0.15) is 4.98 Å². The van der Waals surface area contributed by atoms with Crippen LogP contribution in [0.25, 0.3) is 11.2 Å². The highest BCUT2D eigenvalue weighted by atomic mass is 19.1. The lowest BCUT2D eigenvalue weighted by Crippen LogP contribution is -2.25. The first-order valence-electron chi connectivity index (χ1n) is 9.88. The summed E-state index contributed by atoms with van der Waals surface area (Å²) in [4.78, 5) is 27.3. The molecule has 2 unspecified atom stereocenters. The van der Waals surface area contributed by atoms with Gasteiger partial charge in [0, 0.05) is 32.1 Å². The number of nitrogens with zero attached hydrogens (tertiary/aromatic N) is 7. The summed E-state index contributed by atoms with van der Waals surface area (Å²) >= 11 is 0. The van der Waals surface area contributed by atoms with Crippen LogP contribution in [0.5, 0.6) is 0 Å². The van der Waals surface area contributed by atoms with Crippen LogP contribution in [0.2, 0.25) is 0 Å². The van der Waals surface area contributed by atoms with Crippen molar-refractivity contribution in [2.24, 2.45) is 18.9 Å². The highest BCUT2D eigenvalue weighted by molar-refractivity contribution is 5.68. The number of hydrogen-bond acceptors (Lipinski definition) is 7. The number of aromatic nitrogens is 6. The standard InChI is InChI=1S/C20H17F2N7O2/c1-27-8-23-19-17(27)20(30)29(9-24-19)7-15-25-18(26-31-15)16-11-5-28(6-12(11)16)14-4-10(21)2-3-13(14)22/h2-4,8-9,11-12,16H,5-7H2,1H3. The molecule has 0 spiro atoms. The molecular formula is C20H17F2N7O2. The zero-order valence-electron chi connectivity index (χ0n) is 16.4. The predicted octanol–water partition coefficient (Wildman–Crippen LogP) is 1.69. The maximum Gasteiger partial charge on any atom is 0.280 e. The average molecular weight is 425 g/mol. The van der Waals surface area contributed by atoms with Crippen LogP contribution in [0.4, 0.5) is 14.5 Å². The lowest BCUT2D eigenvalue weighted by Gasteiger charge is -2.22. The minimum atomic E-state index is -0.453. The van der Waals surface area contributed by atoms with Crippen LogP contribution in [-0.2, 0) is 13.6 Å². The second kappa shape index (κ2) is 6.43. The van der Waals surface area contributed by atoms with Gasteiger partial charge in [-0.05, 0) is 24.0 Å². The summed E-state index contributed by atoms with van der Waals surface area (Å²) in [6.45, 7) is 1.34. The minimum absolute atomic E-state index is 0.114. The number of hydrogen-bond donors (Lipinski definition) is 0. The number of fused-ring (bicyclic) bond motifs is 2. The van der Waals surface area contributed by atoms with Crippen molar-refractivity contribution in [2.45, 2.75) is 12.5 Å². The van der Waals surface area contributed by atoms with Gasteiger partial charge in [0.05, 0.1) is 12.0 Å². The van der Waals surface area contributed by atoms with Gasteiger partial charge in [0.1, 0.15) is 24.5 Å². The van der Waals surface area contributed by atoms with Crippen LogP contribution in [0.1, 0.15) is 17.6 Å². The molecule has 1 aliphatic heterocycles. The SMILES string of the molecule is Cn1cnc2ncn(Cc3nc(C4C5CN(c6cc(F)ccc6F)CC54)no3)c(=O)c21. The van der Waals surface area contributed by atoms with Gasteiger partial charge >= 0.3 is 0 Å². The van der Waals surface area contributed by atoms with Crippen LogP contribution in [0.15, 0.2) is 40.2 Å². The van der Waals surface area contributed by atoms with Gasteiger partial charge in [-0.15, -0.1) is 0 Å². The van der Waals surface area contributed by atoms with Crippen LogP contribution >= 0.6 is 0 Å². The van der Waals surface area contributed by atoms with Gasteiger partial charge in [0.15, 0.2) is 17.0 Å². The third-order valence-electron chi connectivity index (χ3n) is 6.23. The molecule has 158 valence electrons. The van der Waals surface area contributed by atoms with E-state index in [0.717, 1.165) is 12.1 Å². The molecule has 0 amide bonds. The number of imidazole rings is 1. The molecule has 2 aliphatic rings. The molecule has 2 atom stereocenters. The summed E-state index contributed by atoms with van der Waals surface area (Å²) in [6, 6.07) is 3.50. The van der Waals surface area contributed by atoms with E-state index in [9.17, 15) is 13.6 Å². The van der Waals surface area contributed by atoms with Gasteiger partial charge in [-0.25, -0.2) is 18.7 Å². The molecule has 1 saturated carbocycles. The van der Waals surface area contributed by atoms with E-state index >= 15 is 0 Å². The Hall–Kier alpha value is -3.63. The van der Waals surface area contributed by atoms with Crippen molar-refractivity contribution in [1.82, 2.24) is 29.2 Å². The van der Waals surface area contributed by atoms with Crippen LogP contribution in [0, 0.1) is 23.5 Å². The van der Waals surface area contributed by atoms with Crippen molar-refractivity contribution in [1.29, 1.82) is 0 Å². The lowest BCUT2D eigenvalue weighted by atomic mass is 10.2. The smallest absolute Gasteiger partial charge is 0.280 e. The number of aryl methyl sites for hydroxylation is 1. The van der Waals surface area contributed by atoms with Gasteiger partial charge in [0.25, 0.3) is 5.56 Å². The Morgan fingerprint density at radius 2 is 1.94 bits per heavy atom. The van der Waals surface area contributed by atoms with Gasteiger partial charge in [-0.1, -0.05) is 5.16 Å². The predicted molar refractivity (Wildman–Crippen MR) is 104 cm³/mol. The third-order valence-corrected chi connectivity index (χ3v) is 6.23. The molecule has 3 aromatic heterocycles. The fraction of sp³-hybridized carbons (Fsp3) is 0.350. The molecule has 4 heterocycles. The van der Waals surface area contributed by atoms with Gasteiger partial charge in [-0.3, -0.25) is 9.36 Å². The molecule has 9 nitrogen and oxygen atoms in total. The van der Waals surface area contributed by atoms with Crippen molar-refractivity contribution in [3.8, 4) is 0 Å². The zero-order chi connectivity index (χ0) is 21.3. The second-order valence-electron chi connectivity index (χ2n) is 8.11. The van der Waals surface area contributed by atoms with E-state index in [1.807, 2.05) is 4.90 Å². The maximum atomic E-state index is 14.0. The largest absolute Gasteiger partial charge is 0.368 e. The molecule has 1 aliphatic carbocycles. The molecule has 0 N–H and O–H groups in total. The summed E-state index contributed by atoms with van der Waals surface area (Å²) in [6.07, 6.45) is 2.96. The number of benzene rings is 1. The molecular weight excluding hydrogens is 408 g/mol. The van der Waals surface area contributed by atoms with E-state index in [2.05, 4.69) is 20.1 Å². The first-order chi connectivity index (χ1) is 15.0. The van der Waals surface area contributed by atoms with Crippen LogP contribution in [0.3, 0.4) is 0 Å². The van der Waals surface area contributed by atoms with E-state index in [-0.39, 0.29) is 35.5 Å². The molecule has 31 heavy (non-hydrogen) atoms. The Kier molecular flexibility index (Phi) is 3.77. The van der Waals surface area contributed by atoms with Crippen LogP contribution in [-0.4, -0.2) is 42.3 Å². The molecule has 11 heteroatoms. The van der Waals surface area contributed by atoms with Gasteiger partial charge in [0.2, 0.25) is 5.89 Å². The highest BCUT2D eigenvalue weighted by Crippen LogP contribution is 2.58. The quantitative estimate of drug-likeness (QED) is 0.491. The van der Waals surface area contributed by atoms with Crippen molar-refractivity contribution in [3.63, 3.8) is 0 Å². The van der Waals surface area contributed by atoms with E-state index in [0.29, 0.717) is 36.0 Å². The summed E-state index contributed by atoms with van der Waals surface area (Å²) in [5.41, 5.74) is 0.849. The molecule has 6 rings (SSSR count). The van der Waals surface area contributed by atoms with E-state index < -0.39 is 11.6 Å². The molecule has 0 radical (unpaired) electrons. The fourth-order valence-corrected chi connectivity index (χ4v) is 4.63. The third kappa shape index (κ3) is 2.83. The molecule has 2 fully saturated rings. The Bertz CT molecular complexity index is 1370. The minimum Gasteiger partial charge on any atom is -0.368 e. The topological polar surface area (TPSA) is 94.9 Å². The first kappa shape index (κ1) is 18.2. The second-order valence-corrected chi connectivity index (χ2v) is 8.11. The molecule has 1 aromatic carbocycles. The summed E-state index contributed by atoms with van der Waals surface area (Å²) in [5, 5.41) is 4.09. The average Bonchev–Trinajstić information content (AvgIpc) is 3.18. The summed E-state index contributed by atoms with van der Waals surface area (Å²) in [7, 11) is 1.73. The zero-order valence-corrected chi connectivity index (χ0v) is 16.4. The van der Waals surface area contributed by atoms with E-state index in [1.54, 1.807) is 17.9 Å². The van der Waals surface area contributed by atoms with Crippen LogP contribution < -0.4 is 10.5 Å². The molecule has 4 aromatic rings. The maximum absolute atomic E-state index is 14.0. The Balaban J connectivity index is 1.17. The Morgan fingerprint density at radius 3 is 2.74 bits per heavy atom. The summed E-state index contributed by atoms with van der Waals surface area (Å²) in [5.74, 6) is 0.688. The summed E-state index contributed by atoms with van der Waals surface area (Å²) < 4.78 is 35.9. The monoisotopic (exact) mass is 425 g/mol. The number of rotatable bonds is 4. The van der Waals surface area contributed by atoms with Gasteiger partial charge < -0.3 is 14.0 Å².